The van der Waals surface area contributed by atoms with E-state index in [4.69, 9.17) is 16.2 Å². The quantitative estimate of drug-likeness (QED) is 0.767. The van der Waals surface area contributed by atoms with E-state index in [1.165, 1.54) is 0 Å². The lowest BCUT2D eigenvalue weighted by molar-refractivity contribution is 0.303. The number of ether oxygens (including phenoxy) is 1. The molecule has 1 spiro atoms. The minimum Gasteiger partial charge on any atom is -0.506 e. The third-order valence-electron chi connectivity index (χ3n) is 4.27. The SMILES string of the molecule is COc1ccc(N2C(N)=NC(N)=NC23CCCCC3)c(O)c1. The van der Waals surface area contributed by atoms with Gasteiger partial charge in [0.15, 0.2) is 0 Å². The molecule has 0 saturated heterocycles. The second kappa shape index (κ2) is 5.40. The number of hydrogen-bond donors (Lipinski definition) is 3. The second-order valence-corrected chi connectivity index (χ2v) is 5.67. The summed E-state index contributed by atoms with van der Waals surface area (Å²) in [4.78, 5) is 10.5. The number of aliphatic imine (C=N–C) groups is 2. The van der Waals surface area contributed by atoms with Crippen LogP contribution in [-0.2, 0) is 0 Å². The van der Waals surface area contributed by atoms with Crippen LogP contribution in [0.5, 0.6) is 11.5 Å². The van der Waals surface area contributed by atoms with Crippen molar-refractivity contribution in [3.05, 3.63) is 18.2 Å². The zero-order valence-electron chi connectivity index (χ0n) is 12.6. The van der Waals surface area contributed by atoms with E-state index in [2.05, 4.69) is 9.98 Å². The first kappa shape index (κ1) is 14.5. The largest absolute Gasteiger partial charge is 0.506 e. The fraction of sp³-hybridized carbons (Fsp3) is 0.467. The lowest BCUT2D eigenvalue weighted by Crippen LogP contribution is -2.58. The standard InChI is InChI=1S/C15H21N5O2/c1-22-10-5-6-11(12(21)9-10)20-14(17)18-13(16)19-15(20)7-3-2-4-8-15/h5-6,9,21H,2-4,7-8H2,1H3,(H4,16,17,18,19). The Hall–Kier alpha value is -2.44. The highest BCUT2D eigenvalue weighted by Gasteiger charge is 2.43. The number of aromatic hydroxyl groups is 1. The molecule has 0 unspecified atom stereocenters. The number of nitrogens with two attached hydrogens (primary N) is 2. The molecular weight excluding hydrogens is 282 g/mol. The molecule has 1 aromatic carbocycles. The summed E-state index contributed by atoms with van der Waals surface area (Å²) in [6.45, 7) is 0. The predicted molar refractivity (Wildman–Crippen MR) is 86.2 cm³/mol. The average molecular weight is 303 g/mol. The van der Waals surface area contributed by atoms with Crippen molar-refractivity contribution >= 4 is 17.6 Å². The van der Waals surface area contributed by atoms with Crippen LogP contribution in [0, 0.1) is 0 Å². The van der Waals surface area contributed by atoms with E-state index >= 15 is 0 Å². The van der Waals surface area contributed by atoms with Crippen LogP contribution in [0.15, 0.2) is 28.2 Å². The fourth-order valence-corrected chi connectivity index (χ4v) is 3.29. The van der Waals surface area contributed by atoms with E-state index < -0.39 is 5.66 Å². The average Bonchev–Trinajstić information content (AvgIpc) is 2.48. The summed E-state index contributed by atoms with van der Waals surface area (Å²) in [5, 5.41) is 10.4. The van der Waals surface area contributed by atoms with Crippen LogP contribution >= 0.6 is 0 Å². The molecule has 0 bridgehead atoms. The normalized spacial score (nSPS) is 20.5. The molecule has 0 amide bonds. The van der Waals surface area contributed by atoms with Gasteiger partial charge in [-0.05, 0) is 37.8 Å². The zero-order chi connectivity index (χ0) is 15.7. The van der Waals surface area contributed by atoms with Crippen molar-refractivity contribution in [2.24, 2.45) is 21.5 Å². The highest BCUT2D eigenvalue weighted by atomic mass is 16.5. The third-order valence-corrected chi connectivity index (χ3v) is 4.27. The Bertz CT molecular complexity index is 635. The number of guanidine groups is 2. The summed E-state index contributed by atoms with van der Waals surface area (Å²) in [5.41, 5.74) is 12.0. The summed E-state index contributed by atoms with van der Waals surface area (Å²) in [7, 11) is 1.55. The first-order valence-corrected chi connectivity index (χ1v) is 7.42. The van der Waals surface area contributed by atoms with Crippen molar-refractivity contribution in [2.75, 3.05) is 12.0 Å². The Kier molecular flexibility index (Phi) is 3.56. The molecule has 5 N–H and O–H groups in total. The highest BCUT2D eigenvalue weighted by Crippen LogP contribution is 2.43. The molecule has 7 nitrogen and oxygen atoms in total. The van der Waals surface area contributed by atoms with Crippen molar-refractivity contribution in [3.8, 4) is 11.5 Å². The summed E-state index contributed by atoms with van der Waals surface area (Å²) < 4.78 is 5.13. The maximum atomic E-state index is 10.4. The van der Waals surface area contributed by atoms with Gasteiger partial charge in [-0.1, -0.05) is 6.42 Å². The minimum atomic E-state index is -0.555. The van der Waals surface area contributed by atoms with Gasteiger partial charge in [0.1, 0.15) is 17.2 Å². The Morgan fingerprint density at radius 1 is 1.23 bits per heavy atom. The third kappa shape index (κ3) is 2.32. The maximum absolute atomic E-state index is 10.4. The smallest absolute Gasteiger partial charge is 0.220 e. The zero-order valence-corrected chi connectivity index (χ0v) is 12.6. The molecule has 1 saturated carbocycles. The molecule has 22 heavy (non-hydrogen) atoms. The van der Waals surface area contributed by atoms with Crippen LogP contribution in [-0.4, -0.2) is 29.8 Å². The minimum absolute atomic E-state index is 0.0816. The molecule has 1 aromatic rings. The number of benzene rings is 1. The summed E-state index contributed by atoms with van der Waals surface area (Å²) in [5.74, 6) is 1.12. The van der Waals surface area contributed by atoms with Gasteiger partial charge in [-0.15, -0.1) is 0 Å². The molecule has 3 rings (SSSR count). The number of anilines is 1. The molecule has 2 aliphatic rings. The molecule has 1 fully saturated rings. The van der Waals surface area contributed by atoms with Gasteiger partial charge in [-0.3, -0.25) is 4.90 Å². The van der Waals surface area contributed by atoms with E-state index in [9.17, 15) is 5.11 Å². The molecule has 0 aromatic heterocycles. The molecular formula is C15H21N5O2. The lowest BCUT2D eigenvalue weighted by atomic mass is 9.87. The molecule has 0 atom stereocenters. The van der Waals surface area contributed by atoms with Crippen molar-refractivity contribution in [2.45, 2.75) is 37.8 Å². The van der Waals surface area contributed by atoms with E-state index in [-0.39, 0.29) is 17.7 Å². The van der Waals surface area contributed by atoms with E-state index in [0.717, 1.165) is 32.1 Å². The number of phenols is 1. The predicted octanol–water partition coefficient (Wildman–Crippen LogP) is 1.51. The summed E-state index contributed by atoms with van der Waals surface area (Å²) >= 11 is 0. The Labute approximate surface area is 129 Å². The fourth-order valence-electron chi connectivity index (χ4n) is 3.29. The first-order valence-electron chi connectivity index (χ1n) is 7.42. The van der Waals surface area contributed by atoms with Crippen LogP contribution in [0.4, 0.5) is 5.69 Å². The summed E-state index contributed by atoms with van der Waals surface area (Å²) in [6, 6.07) is 5.10. The van der Waals surface area contributed by atoms with Gasteiger partial charge in [0.05, 0.1) is 12.8 Å². The first-order chi connectivity index (χ1) is 10.6. The van der Waals surface area contributed by atoms with Crippen molar-refractivity contribution in [1.82, 2.24) is 0 Å². The van der Waals surface area contributed by atoms with E-state index in [1.807, 2.05) is 0 Å². The number of rotatable bonds is 2. The second-order valence-electron chi connectivity index (χ2n) is 5.67. The monoisotopic (exact) mass is 303 g/mol. The number of methoxy groups -OCH3 is 1. The molecule has 0 radical (unpaired) electrons. The van der Waals surface area contributed by atoms with Crippen LogP contribution in [0.1, 0.15) is 32.1 Å². The highest BCUT2D eigenvalue weighted by molar-refractivity contribution is 6.06. The van der Waals surface area contributed by atoms with Crippen molar-refractivity contribution in [3.63, 3.8) is 0 Å². The van der Waals surface area contributed by atoms with Crippen LogP contribution < -0.4 is 21.1 Å². The molecule has 118 valence electrons. The van der Waals surface area contributed by atoms with E-state index in [1.54, 1.807) is 30.2 Å². The Morgan fingerprint density at radius 3 is 2.59 bits per heavy atom. The van der Waals surface area contributed by atoms with Gasteiger partial charge < -0.3 is 21.3 Å². The van der Waals surface area contributed by atoms with Gasteiger partial charge in [0.25, 0.3) is 0 Å². The van der Waals surface area contributed by atoms with Crippen LogP contribution in [0.25, 0.3) is 0 Å². The van der Waals surface area contributed by atoms with Crippen molar-refractivity contribution < 1.29 is 9.84 Å². The summed E-state index contributed by atoms with van der Waals surface area (Å²) in [6.07, 6.45) is 4.90. The molecule has 1 aliphatic heterocycles. The van der Waals surface area contributed by atoms with Crippen LogP contribution in [0.3, 0.4) is 0 Å². The van der Waals surface area contributed by atoms with Gasteiger partial charge in [-0.25, -0.2) is 4.99 Å². The maximum Gasteiger partial charge on any atom is 0.220 e. The number of phenolic OH excluding ortho intramolecular Hbond substituents is 1. The molecule has 7 heteroatoms. The van der Waals surface area contributed by atoms with Gasteiger partial charge in [0.2, 0.25) is 11.9 Å². The molecule has 1 aliphatic carbocycles. The van der Waals surface area contributed by atoms with Crippen molar-refractivity contribution in [1.29, 1.82) is 0 Å². The Morgan fingerprint density at radius 2 is 1.95 bits per heavy atom. The van der Waals surface area contributed by atoms with E-state index in [0.29, 0.717) is 11.4 Å². The number of nitrogens with zero attached hydrogens (tertiary/aromatic N) is 3. The topological polar surface area (TPSA) is 109 Å². The van der Waals surface area contributed by atoms with Gasteiger partial charge in [-0.2, -0.15) is 4.99 Å². The van der Waals surface area contributed by atoms with Gasteiger partial charge >= 0.3 is 0 Å². The molecule has 1 heterocycles. The Balaban J connectivity index is 2.08. The van der Waals surface area contributed by atoms with Gasteiger partial charge in [0, 0.05) is 6.07 Å². The lowest BCUT2D eigenvalue weighted by Gasteiger charge is -2.45. The number of hydrogen-bond acceptors (Lipinski definition) is 7. The van der Waals surface area contributed by atoms with Crippen LogP contribution in [0.2, 0.25) is 0 Å².